The highest BCUT2D eigenvalue weighted by Crippen LogP contribution is 2.13. The van der Waals surface area contributed by atoms with Crippen LogP contribution in [0.3, 0.4) is 0 Å². The van der Waals surface area contributed by atoms with Gasteiger partial charge in [-0.05, 0) is 48.7 Å². The molecule has 0 saturated heterocycles. The van der Waals surface area contributed by atoms with Gasteiger partial charge in [0.05, 0.1) is 12.7 Å². The van der Waals surface area contributed by atoms with Gasteiger partial charge in [-0.2, -0.15) is 0 Å². The maximum Gasteiger partial charge on any atom is 0.220 e. The number of hydrogen-bond acceptors (Lipinski definition) is 3. The van der Waals surface area contributed by atoms with Crippen LogP contribution >= 0.6 is 0 Å². The van der Waals surface area contributed by atoms with Gasteiger partial charge < -0.3 is 15.2 Å². The van der Waals surface area contributed by atoms with Crippen molar-refractivity contribution in [3.05, 3.63) is 65.5 Å². The summed E-state index contributed by atoms with van der Waals surface area (Å²) in [6.07, 6.45) is 0.0621. The molecule has 4 nitrogen and oxygen atoms in total. The van der Waals surface area contributed by atoms with E-state index in [9.17, 15) is 14.3 Å². The van der Waals surface area contributed by atoms with Crippen LogP contribution in [-0.4, -0.2) is 24.2 Å². The summed E-state index contributed by atoms with van der Waals surface area (Å²) in [6.45, 7) is 2.55. The second-order valence-corrected chi connectivity index (χ2v) is 5.64. The third kappa shape index (κ3) is 6.01. The molecule has 0 aromatic heterocycles. The maximum absolute atomic E-state index is 12.8. The van der Waals surface area contributed by atoms with Crippen molar-refractivity contribution in [2.24, 2.45) is 0 Å². The monoisotopic (exact) mass is 331 g/mol. The summed E-state index contributed by atoms with van der Waals surface area (Å²) >= 11 is 0. The molecule has 24 heavy (non-hydrogen) atoms. The molecule has 0 aliphatic carbocycles. The van der Waals surface area contributed by atoms with E-state index in [2.05, 4.69) is 5.32 Å². The van der Waals surface area contributed by atoms with E-state index in [0.717, 1.165) is 11.3 Å². The van der Waals surface area contributed by atoms with Crippen LogP contribution in [0, 0.1) is 12.7 Å². The minimum atomic E-state index is -0.849. The van der Waals surface area contributed by atoms with Crippen molar-refractivity contribution in [1.82, 2.24) is 5.32 Å². The van der Waals surface area contributed by atoms with Gasteiger partial charge >= 0.3 is 0 Å². The first-order valence-corrected chi connectivity index (χ1v) is 7.94. The fourth-order valence-corrected chi connectivity index (χ4v) is 2.23. The summed E-state index contributed by atoms with van der Waals surface area (Å²) in [4.78, 5) is 11.8. The Morgan fingerprint density at radius 1 is 1.25 bits per heavy atom. The molecular formula is C19H22FNO3. The highest BCUT2D eigenvalue weighted by atomic mass is 19.1. The van der Waals surface area contributed by atoms with Gasteiger partial charge in [-0.1, -0.05) is 24.3 Å². The van der Waals surface area contributed by atoms with Crippen LogP contribution in [0.25, 0.3) is 0 Å². The van der Waals surface area contributed by atoms with Crippen molar-refractivity contribution >= 4 is 5.91 Å². The third-order valence-electron chi connectivity index (χ3n) is 3.55. The molecule has 0 spiro atoms. The van der Waals surface area contributed by atoms with Crippen molar-refractivity contribution in [2.45, 2.75) is 25.9 Å². The second-order valence-electron chi connectivity index (χ2n) is 5.64. The molecule has 2 aromatic carbocycles. The molecule has 128 valence electrons. The van der Waals surface area contributed by atoms with E-state index in [4.69, 9.17) is 4.74 Å². The Balaban J connectivity index is 1.63. The lowest BCUT2D eigenvalue weighted by atomic mass is 10.1. The molecule has 0 aliphatic rings. The smallest absolute Gasteiger partial charge is 0.220 e. The molecule has 0 fully saturated rings. The highest BCUT2D eigenvalue weighted by Gasteiger charge is 2.09. The number of ether oxygens (including phenoxy) is 1. The Morgan fingerprint density at radius 2 is 2.00 bits per heavy atom. The number of amides is 1. The molecule has 2 aromatic rings. The van der Waals surface area contributed by atoms with Gasteiger partial charge in [-0.3, -0.25) is 4.79 Å². The maximum atomic E-state index is 12.8. The number of carbonyl (C=O) groups is 1. The Kier molecular flexibility index (Phi) is 6.75. The van der Waals surface area contributed by atoms with Crippen molar-refractivity contribution in [2.75, 3.05) is 13.2 Å². The van der Waals surface area contributed by atoms with Crippen molar-refractivity contribution in [3.8, 4) is 5.75 Å². The zero-order chi connectivity index (χ0) is 17.4. The normalized spacial score (nSPS) is 11.8. The van der Waals surface area contributed by atoms with Gasteiger partial charge in [0.15, 0.2) is 0 Å². The average Bonchev–Trinajstić information content (AvgIpc) is 2.57. The van der Waals surface area contributed by atoms with Crippen LogP contribution in [0.15, 0.2) is 48.5 Å². The zero-order valence-corrected chi connectivity index (χ0v) is 13.7. The number of rotatable bonds is 8. The Bertz CT molecular complexity index is 658. The van der Waals surface area contributed by atoms with E-state index in [-0.39, 0.29) is 18.3 Å². The molecular weight excluding hydrogens is 309 g/mol. The number of aliphatic hydroxyl groups is 1. The summed E-state index contributed by atoms with van der Waals surface area (Å²) < 4.78 is 18.4. The average molecular weight is 331 g/mol. The largest absolute Gasteiger partial charge is 0.494 e. The quantitative estimate of drug-likeness (QED) is 0.731. The van der Waals surface area contributed by atoms with Crippen molar-refractivity contribution < 1.29 is 19.0 Å². The molecule has 0 heterocycles. The molecule has 0 aliphatic heterocycles. The summed E-state index contributed by atoms with van der Waals surface area (Å²) in [5.41, 5.74) is 1.69. The topological polar surface area (TPSA) is 58.6 Å². The minimum absolute atomic E-state index is 0.100. The Hall–Kier alpha value is -2.40. The van der Waals surface area contributed by atoms with Gasteiger partial charge in [-0.25, -0.2) is 4.39 Å². The Morgan fingerprint density at radius 3 is 2.71 bits per heavy atom. The Labute approximate surface area is 141 Å². The van der Waals surface area contributed by atoms with Crippen LogP contribution in [0.2, 0.25) is 0 Å². The van der Waals surface area contributed by atoms with E-state index in [0.29, 0.717) is 25.0 Å². The number of benzene rings is 2. The van der Waals surface area contributed by atoms with Gasteiger partial charge in [-0.15, -0.1) is 0 Å². The van der Waals surface area contributed by atoms with Crippen LogP contribution < -0.4 is 10.1 Å². The lowest BCUT2D eigenvalue weighted by molar-refractivity contribution is -0.121. The number of halogens is 1. The molecule has 1 unspecified atom stereocenters. The fraction of sp³-hybridized carbons (Fsp3) is 0.316. The SMILES string of the molecule is Cc1cccc(OCCCC(=O)NCC(O)c2ccc(F)cc2)c1. The number of hydrogen-bond donors (Lipinski definition) is 2. The first kappa shape index (κ1) is 17.9. The van der Waals surface area contributed by atoms with Crippen LogP contribution in [0.1, 0.15) is 30.1 Å². The molecule has 1 amide bonds. The van der Waals surface area contributed by atoms with E-state index in [1.807, 2.05) is 31.2 Å². The third-order valence-corrected chi connectivity index (χ3v) is 3.55. The van der Waals surface area contributed by atoms with Crippen molar-refractivity contribution in [1.29, 1.82) is 0 Å². The number of nitrogens with one attached hydrogen (secondary N) is 1. The second kappa shape index (κ2) is 9.03. The summed E-state index contributed by atoms with van der Waals surface area (Å²) in [5.74, 6) is 0.287. The van der Waals surface area contributed by atoms with Crippen LogP contribution in [-0.2, 0) is 4.79 Å². The highest BCUT2D eigenvalue weighted by molar-refractivity contribution is 5.75. The van der Waals surface area contributed by atoms with E-state index < -0.39 is 6.10 Å². The van der Waals surface area contributed by atoms with E-state index >= 15 is 0 Å². The zero-order valence-electron chi connectivity index (χ0n) is 13.7. The van der Waals surface area contributed by atoms with Crippen LogP contribution in [0.4, 0.5) is 4.39 Å². The van der Waals surface area contributed by atoms with Crippen molar-refractivity contribution in [3.63, 3.8) is 0 Å². The standard InChI is InChI=1S/C19H22FNO3/c1-14-4-2-5-17(12-14)24-11-3-6-19(23)21-13-18(22)15-7-9-16(20)10-8-15/h2,4-5,7-10,12,18,22H,3,6,11,13H2,1H3,(H,21,23). The van der Waals surface area contributed by atoms with E-state index in [1.165, 1.54) is 24.3 Å². The molecule has 2 rings (SSSR count). The van der Waals surface area contributed by atoms with E-state index in [1.54, 1.807) is 0 Å². The first-order chi connectivity index (χ1) is 11.5. The summed E-state index contributed by atoms with van der Waals surface area (Å²) in [6, 6.07) is 13.3. The first-order valence-electron chi connectivity index (χ1n) is 7.94. The number of aryl methyl sites for hydroxylation is 1. The minimum Gasteiger partial charge on any atom is -0.494 e. The molecule has 5 heteroatoms. The number of aliphatic hydroxyl groups excluding tert-OH is 1. The van der Waals surface area contributed by atoms with Gasteiger partial charge in [0.1, 0.15) is 11.6 Å². The summed E-state index contributed by atoms with van der Waals surface area (Å²) in [7, 11) is 0. The van der Waals surface area contributed by atoms with Crippen LogP contribution in [0.5, 0.6) is 5.75 Å². The molecule has 2 N–H and O–H groups in total. The number of carbonyl (C=O) groups excluding carboxylic acids is 1. The predicted octanol–water partition coefficient (Wildman–Crippen LogP) is 3.14. The molecule has 0 bridgehead atoms. The predicted molar refractivity (Wildman–Crippen MR) is 90.3 cm³/mol. The molecule has 0 radical (unpaired) electrons. The molecule has 1 atom stereocenters. The fourth-order valence-electron chi connectivity index (χ4n) is 2.23. The summed E-state index contributed by atoms with van der Waals surface area (Å²) in [5, 5.41) is 12.6. The lowest BCUT2D eigenvalue weighted by Gasteiger charge is -2.12. The van der Waals surface area contributed by atoms with Gasteiger partial charge in [0, 0.05) is 13.0 Å². The molecule has 0 saturated carbocycles. The lowest BCUT2D eigenvalue weighted by Crippen LogP contribution is -2.28. The van der Waals surface area contributed by atoms with Gasteiger partial charge in [0.25, 0.3) is 0 Å². The van der Waals surface area contributed by atoms with Gasteiger partial charge in [0.2, 0.25) is 5.91 Å².